The topological polar surface area (TPSA) is 127 Å². The minimum Gasteiger partial charge on any atom is -0.397 e. The molecule has 2 aromatic rings. The first-order chi connectivity index (χ1) is 9.46. The predicted octanol–water partition coefficient (Wildman–Crippen LogP) is -0.985. The van der Waals surface area contributed by atoms with E-state index in [1.54, 1.807) is 6.07 Å². The number of hydrogen-bond donors (Lipinski definition) is 4. The third-order valence-corrected chi connectivity index (χ3v) is 3.68. The number of hydrogen-bond acceptors (Lipinski definition) is 7. The zero-order valence-electron chi connectivity index (χ0n) is 10.8. The van der Waals surface area contributed by atoms with Crippen LogP contribution in [-0.2, 0) is 4.74 Å². The van der Waals surface area contributed by atoms with E-state index in [-0.39, 0.29) is 0 Å². The molecule has 0 aliphatic carbocycles. The van der Waals surface area contributed by atoms with Crippen molar-refractivity contribution < 1.29 is 20.1 Å². The van der Waals surface area contributed by atoms with E-state index in [1.165, 1.54) is 24.0 Å². The molecule has 0 bridgehead atoms. The number of imidazole rings is 1. The van der Waals surface area contributed by atoms with E-state index in [0.717, 1.165) is 0 Å². The maximum atomic E-state index is 10.4. The van der Waals surface area contributed by atoms with Crippen LogP contribution in [-0.4, -0.2) is 54.3 Å². The predicted molar refractivity (Wildman–Crippen MR) is 69.6 cm³/mol. The summed E-state index contributed by atoms with van der Waals surface area (Å²) in [5.41, 5.74) is 5.64. The van der Waals surface area contributed by atoms with Crippen LogP contribution in [0.4, 0.5) is 5.69 Å². The molecule has 8 heteroatoms. The van der Waals surface area contributed by atoms with Crippen molar-refractivity contribution in [1.29, 1.82) is 0 Å². The van der Waals surface area contributed by atoms with Crippen molar-refractivity contribution in [2.45, 2.75) is 31.0 Å². The lowest BCUT2D eigenvalue weighted by molar-refractivity contribution is -0.0950. The normalized spacial score (nSPS) is 33.9. The largest absolute Gasteiger partial charge is 0.397 e. The van der Waals surface area contributed by atoms with Gasteiger partial charge < -0.3 is 25.8 Å². The minimum atomic E-state index is -1.58. The van der Waals surface area contributed by atoms with E-state index in [2.05, 4.69) is 9.97 Å². The Balaban J connectivity index is 2.10. The highest BCUT2D eigenvalue weighted by Crippen LogP contribution is 2.39. The summed E-state index contributed by atoms with van der Waals surface area (Å²) in [6, 6.07) is 1.62. The van der Waals surface area contributed by atoms with E-state index in [1.807, 2.05) is 0 Å². The van der Waals surface area contributed by atoms with Gasteiger partial charge in [-0.2, -0.15) is 0 Å². The van der Waals surface area contributed by atoms with Gasteiger partial charge in [0.15, 0.2) is 11.9 Å². The molecule has 2 aromatic heterocycles. The van der Waals surface area contributed by atoms with Gasteiger partial charge in [-0.3, -0.25) is 4.57 Å². The minimum absolute atomic E-state index is 0.393. The third kappa shape index (κ3) is 1.70. The maximum Gasteiger partial charge on any atom is 0.168 e. The first-order valence-electron chi connectivity index (χ1n) is 6.20. The second-order valence-electron chi connectivity index (χ2n) is 5.10. The number of nitrogen functional groups attached to an aromatic ring is 1. The number of aliphatic hydroxyl groups excluding tert-OH is 2. The molecular formula is C12H16N4O4. The second kappa shape index (κ2) is 4.38. The lowest BCUT2D eigenvalue weighted by Gasteiger charge is -2.27. The summed E-state index contributed by atoms with van der Waals surface area (Å²) >= 11 is 0. The van der Waals surface area contributed by atoms with Crippen LogP contribution in [0.1, 0.15) is 13.2 Å². The lowest BCUT2D eigenvalue weighted by atomic mass is 9.96. The SMILES string of the molecule is CC1(O)C(O)C(CO)OC1n1cnc2c(N)ccnc21. The fourth-order valence-corrected chi connectivity index (χ4v) is 2.52. The fraction of sp³-hybridized carbons (Fsp3) is 0.500. The Labute approximate surface area is 114 Å². The Bertz CT molecular complexity index is 641. The van der Waals surface area contributed by atoms with Gasteiger partial charge in [-0.1, -0.05) is 0 Å². The summed E-state index contributed by atoms with van der Waals surface area (Å²) in [5, 5.41) is 29.6. The van der Waals surface area contributed by atoms with Gasteiger partial charge in [-0.05, 0) is 13.0 Å². The summed E-state index contributed by atoms with van der Waals surface area (Å²) in [6.45, 7) is 1.05. The molecule has 3 rings (SSSR count). The van der Waals surface area contributed by atoms with Crippen molar-refractivity contribution in [3.05, 3.63) is 18.6 Å². The smallest absolute Gasteiger partial charge is 0.168 e. The number of ether oxygens (including phenoxy) is 1. The second-order valence-corrected chi connectivity index (χ2v) is 5.10. The fourth-order valence-electron chi connectivity index (χ4n) is 2.52. The van der Waals surface area contributed by atoms with Gasteiger partial charge in [0.2, 0.25) is 0 Å². The van der Waals surface area contributed by atoms with Crippen LogP contribution < -0.4 is 5.73 Å². The molecule has 0 amide bonds. The van der Waals surface area contributed by atoms with Gasteiger partial charge in [-0.15, -0.1) is 0 Å². The van der Waals surface area contributed by atoms with Crippen molar-refractivity contribution in [1.82, 2.24) is 14.5 Å². The van der Waals surface area contributed by atoms with Gasteiger partial charge in [0.05, 0.1) is 18.6 Å². The molecule has 20 heavy (non-hydrogen) atoms. The summed E-state index contributed by atoms with van der Waals surface area (Å²) in [5.74, 6) is 0. The van der Waals surface area contributed by atoms with Gasteiger partial charge in [0.25, 0.3) is 0 Å². The molecule has 1 aliphatic heterocycles. The van der Waals surface area contributed by atoms with Crippen LogP contribution in [0.5, 0.6) is 0 Å². The van der Waals surface area contributed by atoms with Crippen LogP contribution in [0, 0.1) is 0 Å². The van der Waals surface area contributed by atoms with Crippen molar-refractivity contribution >= 4 is 16.9 Å². The number of rotatable bonds is 2. The summed E-state index contributed by atoms with van der Waals surface area (Å²) in [6.07, 6.45) is -0.0162. The average molecular weight is 280 g/mol. The molecular weight excluding hydrogens is 264 g/mol. The first-order valence-corrected chi connectivity index (χ1v) is 6.20. The highest BCUT2D eigenvalue weighted by Gasteiger charge is 2.53. The molecule has 1 saturated heterocycles. The molecule has 8 nitrogen and oxygen atoms in total. The summed E-state index contributed by atoms with van der Waals surface area (Å²) < 4.78 is 7.03. The standard InChI is InChI=1S/C12H16N4O4/c1-12(19)9(18)7(4-17)20-11(12)16-5-15-8-6(13)2-3-14-10(8)16/h2-3,5,7,9,11,17-19H,4H2,1H3,(H2,13,14). The molecule has 0 aromatic carbocycles. The van der Waals surface area contributed by atoms with E-state index in [4.69, 9.17) is 10.5 Å². The summed E-state index contributed by atoms with van der Waals surface area (Å²) in [4.78, 5) is 8.32. The number of anilines is 1. The molecule has 1 fully saturated rings. The average Bonchev–Trinajstić information content (AvgIpc) is 2.92. The molecule has 1 aliphatic rings. The highest BCUT2D eigenvalue weighted by atomic mass is 16.6. The Morgan fingerprint density at radius 2 is 2.25 bits per heavy atom. The van der Waals surface area contributed by atoms with E-state index >= 15 is 0 Å². The maximum absolute atomic E-state index is 10.4. The first kappa shape index (κ1) is 13.3. The highest BCUT2D eigenvalue weighted by molar-refractivity contribution is 5.83. The van der Waals surface area contributed by atoms with Crippen LogP contribution in [0.3, 0.4) is 0 Å². The van der Waals surface area contributed by atoms with Gasteiger partial charge in [0, 0.05) is 6.20 Å². The molecule has 4 unspecified atom stereocenters. The number of nitrogens with two attached hydrogens (primary N) is 1. The van der Waals surface area contributed by atoms with E-state index in [9.17, 15) is 15.3 Å². The number of aromatic nitrogens is 3. The zero-order valence-corrected chi connectivity index (χ0v) is 10.8. The molecule has 4 atom stereocenters. The van der Waals surface area contributed by atoms with Gasteiger partial charge in [-0.25, -0.2) is 9.97 Å². The molecule has 3 heterocycles. The Morgan fingerprint density at radius 1 is 1.50 bits per heavy atom. The van der Waals surface area contributed by atoms with Crippen LogP contribution in [0.15, 0.2) is 18.6 Å². The molecule has 5 N–H and O–H groups in total. The van der Waals surface area contributed by atoms with Crippen molar-refractivity contribution in [3.63, 3.8) is 0 Å². The zero-order chi connectivity index (χ0) is 14.5. The Morgan fingerprint density at radius 3 is 2.90 bits per heavy atom. The van der Waals surface area contributed by atoms with Crippen LogP contribution >= 0.6 is 0 Å². The van der Waals surface area contributed by atoms with Gasteiger partial charge in [0.1, 0.15) is 23.3 Å². The van der Waals surface area contributed by atoms with Crippen molar-refractivity contribution in [3.8, 4) is 0 Å². The van der Waals surface area contributed by atoms with Crippen molar-refractivity contribution in [2.75, 3.05) is 12.3 Å². The molecule has 0 saturated carbocycles. The van der Waals surface area contributed by atoms with E-state index in [0.29, 0.717) is 16.9 Å². The number of nitrogens with zero attached hydrogens (tertiary/aromatic N) is 3. The van der Waals surface area contributed by atoms with E-state index < -0.39 is 30.6 Å². The number of fused-ring (bicyclic) bond motifs is 1. The molecule has 0 spiro atoms. The quantitative estimate of drug-likeness (QED) is 0.556. The lowest BCUT2D eigenvalue weighted by Crippen LogP contribution is -2.44. The third-order valence-electron chi connectivity index (χ3n) is 3.68. The van der Waals surface area contributed by atoms with Gasteiger partial charge >= 0.3 is 0 Å². The van der Waals surface area contributed by atoms with Crippen LogP contribution in [0.25, 0.3) is 11.2 Å². The summed E-state index contributed by atoms with van der Waals surface area (Å²) in [7, 11) is 0. The monoisotopic (exact) mass is 280 g/mol. The number of pyridine rings is 1. The van der Waals surface area contributed by atoms with Crippen LogP contribution in [0.2, 0.25) is 0 Å². The van der Waals surface area contributed by atoms with Crippen molar-refractivity contribution in [2.24, 2.45) is 0 Å². The Kier molecular flexibility index (Phi) is 2.91. The molecule has 108 valence electrons. The Hall–Kier alpha value is -1.74. The molecule has 0 radical (unpaired) electrons. The number of aliphatic hydroxyl groups is 3.